The second-order valence-electron chi connectivity index (χ2n) is 3.50. The Bertz CT molecular complexity index is 383. The van der Waals surface area contributed by atoms with Gasteiger partial charge in [0.15, 0.2) is 0 Å². The van der Waals surface area contributed by atoms with Crippen molar-refractivity contribution in [2.45, 2.75) is 18.9 Å². The van der Waals surface area contributed by atoms with Gasteiger partial charge >= 0.3 is 0 Å². The molecule has 0 aliphatic rings. The smallest absolute Gasteiger partial charge is 0.106 e. The maximum absolute atomic E-state index is 9.79. The van der Waals surface area contributed by atoms with Gasteiger partial charge in [0.05, 0.1) is 12.4 Å². The molecule has 0 saturated carbocycles. The van der Waals surface area contributed by atoms with Crippen LogP contribution in [0.4, 0.5) is 0 Å². The molecule has 0 aliphatic heterocycles. The molecule has 2 aromatic heterocycles. The molecule has 2 rings (SSSR count). The first-order valence-electron chi connectivity index (χ1n) is 4.94. The summed E-state index contributed by atoms with van der Waals surface area (Å²) in [6.07, 6.45) is 5.86. The Morgan fingerprint density at radius 1 is 1.20 bits per heavy atom. The minimum atomic E-state index is -0.404. The normalized spacial score (nSPS) is 12.6. The summed E-state index contributed by atoms with van der Waals surface area (Å²) in [4.78, 5) is 3.93. The molecular weight excluding hydrogens is 190 g/mol. The van der Waals surface area contributed by atoms with Crippen molar-refractivity contribution in [3.63, 3.8) is 0 Å². The molecule has 1 unspecified atom stereocenters. The van der Waals surface area contributed by atoms with E-state index in [-0.39, 0.29) is 0 Å². The number of furan rings is 1. The van der Waals surface area contributed by atoms with E-state index in [0.29, 0.717) is 12.8 Å². The monoisotopic (exact) mass is 203 g/mol. The number of aliphatic hydroxyl groups excluding tert-OH is 1. The van der Waals surface area contributed by atoms with Crippen molar-refractivity contribution in [1.82, 2.24) is 4.98 Å². The molecule has 0 saturated heterocycles. The van der Waals surface area contributed by atoms with Crippen molar-refractivity contribution in [2.75, 3.05) is 0 Å². The molecule has 1 N–H and O–H groups in total. The number of hydrogen-bond acceptors (Lipinski definition) is 3. The third-order valence-corrected chi connectivity index (χ3v) is 2.24. The van der Waals surface area contributed by atoms with E-state index in [1.54, 1.807) is 18.7 Å². The van der Waals surface area contributed by atoms with Gasteiger partial charge in [-0.25, -0.2) is 0 Å². The number of nitrogens with zero attached hydrogens (tertiary/aromatic N) is 1. The Morgan fingerprint density at radius 3 is 2.67 bits per heavy atom. The zero-order chi connectivity index (χ0) is 10.5. The van der Waals surface area contributed by atoms with Crippen molar-refractivity contribution in [3.05, 3.63) is 54.2 Å². The predicted molar refractivity (Wildman–Crippen MR) is 56.4 cm³/mol. The maximum Gasteiger partial charge on any atom is 0.106 e. The molecule has 2 heterocycles. The van der Waals surface area contributed by atoms with Crippen LogP contribution in [-0.2, 0) is 12.8 Å². The molecular formula is C12H13NO2. The first-order chi connectivity index (χ1) is 7.34. The van der Waals surface area contributed by atoms with Crippen LogP contribution >= 0.6 is 0 Å². The quantitative estimate of drug-likeness (QED) is 0.824. The Hall–Kier alpha value is -1.61. The number of hydrogen-bond donors (Lipinski definition) is 1. The summed E-state index contributed by atoms with van der Waals surface area (Å²) in [7, 11) is 0. The molecule has 15 heavy (non-hydrogen) atoms. The van der Waals surface area contributed by atoms with Crippen LogP contribution in [0.5, 0.6) is 0 Å². The fourth-order valence-electron chi connectivity index (χ4n) is 1.52. The van der Waals surface area contributed by atoms with E-state index in [9.17, 15) is 5.11 Å². The molecule has 3 heteroatoms. The Balaban J connectivity index is 1.90. The highest BCUT2D eigenvalue weighted by Gasteiger charge is 2.08. The largest absolute Gasteiger partial charge is 0.469 e. The first-order valence-corrected chi connectivity index (χ1v) is 4.94. The first kappa shape index (κ1) is 9.93. The van der Waals surface area contributed by atoms with Crippen LogP contribution in [0.3, 0.4) is 0 Å². The standard InChI is InChI=1S/C12H13NO2/c14-11(9-12-2-1-7-15-12)8-10-3-5-13-6-4-10/h1-7,11,14H,8-9H2. The molecule has 0 fully saturated rings. The van der Waals surface area contributed by atoms with Crippen LogP contribution in [-0.4, -0.2) is 16.2 Å². The summed E-state index contributed by atoms with van der Waals surface area (Å²) >= 11 is 0. The minimum absolute atomic E-state index is 0.404. The van der Waals surface area contributed by atoms with Gasteiger partial charge in [0, 0.05) is 18.8 Å². The summed E-state index contributed by atoms with van der Waals surface area (Å²) in [5.74, 6) is 0.816. The molecule has 0 bridgehead atoms. The van der Waals surface area contributed by atoms with Gasteiger partial charge < -0.3 is 9.52 Å². The fraction of sp³-hybridized carbons (Fsp3) is 0.250. The molecule has 0 amide bonds. The zero-order valence-electron chi connectivity index (χ0n) is 8.34. The molecule has 3 nitrogen and oxygen atoms in total. The number of rotatable bonds is 4. The summed E-state index contributed by atoms with van der Waals surface area (Å²) < 4.78 is 5.17. The number of aromatic nitrogens is 1. The SMILES string of the molecule is OC(Cc1ccncc1)Cc1ccco1. The van der Waals surface area contributed by atoms with Gasteiger partial charge in [-0.3, -0.25) is 4.98 Å². The maximum atomic E-state index is 9.79. The fourth-order valence-corrected chi connectivity index (χ4v) is 1.52. The van der Waals surface area contributed by atoms with Crippen LogP contribution < -0.4 is 0 Å². The summed E-state index contributed by atoms with van der Waals surface area (Å²) in [6, 6.07) is 7.51. The van der Waals surface area contributed by atoms with Crippen LogP contribution in [0.15, 0.2) is 47.3 Å². The topological polar surface area (TPSA) is 46.3 Å². The van der Waals surface area contributed by atoms with Gasteiger partial charge in [0.1, 0.15) is 5.76 Å². The van der Waals surface area contributed by atoms with Gasteiger partial charge in [-0.15, -0.1) is 0 Å². The zero-order valence-corrected chi connectivity index (χ0v) is 8.34. The second-order valence-corrected chi connectivity index (χ2v) is 3.50. The molecule has 1 atom stereocenters. The van der Waals surface area contributed by atoms with E-state index < -0.39 is 6.10 Å². The summed E-state index contributed by atoms with van der Waals surface area (Å²) in [5.41, 5.74) is 1.09. The molecule has 0 spiro atoms. The lowest BCUT2D eigenvalue weighted by atomic mass is 10.1. The Morgan fingerprint density at radius 2 is 2.00 bits per heavy atom. The van der Waals surface area contributed by atoms with Gasteiger partial charge in [0.2, 0.25) is 0 Å². The molecule has 0 aliphatic carbocycles. The van der Waals surface area contributed by atoms with Crippen LogP contribution in [0, 0.1) is 0 Å². The average molecular weight is 203 g/mol. The highest BCUT2D eigenvalue weighted by Crippen LogP contribution is 2.08. The van der Waals surface area contributed by atoms with E-state index >= 15 is 0 Å². The number of pyridine rings is 1. The lowest BCUT2D eigenvalue weighted by Gasteiger charge is -2.08. The highest BCUT2D eigenvalue weighted by atomic mass is 16.3. The molecule has 2 aromatic rings. The van der Waals surface area contributed by atoms with Crippen molar-refractivity contribution >= 4 is 0 Å². The Labute approximate surface area is 88.4 Å². The van der Waals surface area contributed by atoms with Gasteiger partial charge in [-0.2, -0.15) is 0 Å². The van der Waals surface area contributed by atoms with E-state index in [0.717, 1.165) is 11.3 Å². The van der Waals surface area contributed by atoms with Crippen molar-refractivity contribution in [3.8, 4) is 0 Å². The van der Waals surface area contributed by atoms with Gasteiger partial charge in [-0.05, 0) is 36.2 Å². The lowest BCUT2D eigenvalue weighted by molar-refractivity contribution is 0.168. The molecule has 0 aromatic carbocycles. The van der Waals surface area contributed by atoms with E-state index in [1.165, 1.54) is 0 Å². The van der Waals surface area contributed by atoms with E-state index in [1.807, 2.05) is 24.3 Å². The second kappa shape index (κ2) is 4.75. The minimum Gasteiger partial charge on any atom is -0.469 e. The Kier molecular flexibility index (Phi) is 3.15. The van der Waals surface area contributed by atoms with Crippen molar-refractivity contribution in [2.24, 2.45) is 0 Å². The predicted octanol–water partition coefficient (Wildman–Crippen LogP) is 1.82. The van der Waals surface area contributed by atoms with Crippen molar-refractivity contribution in [1.29, 1.82) is 0 Å². The third-order valence-electron chi connectivity index (χ3n) is 2.24. The average Bonchev–Trinajstić information content (AvgIpc) is 2.71. The third kappa shape index (κ3) is 2.92. The van der Waals surface area contributed by atoms with E-state index in [2.05, 4.69) is 4.98 Å². The molecule has 0 radical (unpaired) electrons. The summed E-state index contributed by atoms with van der Waals surface area (Å²) in [6.45, 7) is 0. The van der Waals surface area contributed by atoms with Crippen LogP contribution in [0.2, 0.25) is 0 Å². The number of aliphatic hydroxyl groups is 1. The highest BCUT2D eigenvalue weighted by molar-refractivity contribution is 5.11. The van der Waals surface area contributed by atoms with Crippen LogP contribution in [0.1, 0.15) is 11.3 Å². The van der Waals surface area contributed by atoms with E-state index in [4.69, 9.17) is 4.42 Å². The van der Waals surface area contributed by atoms with Crippen LogP contribution in [0.25, 0.3) is 0 Å². The van der Waals surface area contributed by atoms with Gasteiger partial charge in [-0.1, -0.05) is 0 Å². The van der Waals surface area contributed by atoms with Crippen molar-refractivity contribution < 1.29 is 9.52 Å². The van der Waals surface area contributed by atoms with Gasteiger partial charge in [0.25, 0.3) is 0 Å². The molecule has 78 valence electrons. The lowest BCUT2D eigenvalue weighted by Crippen LogP contribution is -2.13. The summed E-state index contributed by atoms with van der Waals surface area (Å²) in [5, 5.41) is 9.79.